The Morgan fingerprint density at radius 3 is 2.50 bits per heavy atom. The summed E-state index contributed by atoms with van der Waals surface area (Å²) in [6.07, 6.45) is 4.92. The van der Waals surface area contributed by atoms with Gasteiger partial charge in [-0.2, -0.15) is 8.78 Å². The average Bonchev–Trinajstić information content (AvgIpc) is 3.17. The van der Waals surface area contributed by atoms with Crippen molar-refractivity contribution in [3.63, 3.8) is 0 Å². The number of nitrogens with two attached hydrogens (primary N) is 1. The summed E-state index contributed by atoms with van der Waals surface area (Å²) in [5.74, 6) is 0.0856. The zero-order valence-electron chi connectivity index (χ0n) is 17.0. The summed E-state index contributed by atoms with van der Waals surface area (Å²) < 4.78 is 35.2. The maximum absolute atomic E-state index is 12.6. The van der Waals surface area contributed by atoms with E-state index in [-0.39, 0.29) is 24.9 Å². The highest BCUT2D eigenvalue weighted by atomic mass is 19.3. The molecule has 1 atom stereocenters. The Kier molecular flexibility index (Phi) is 6.93. The van der Waals surface area contributed by atoms with Crippen molar-refractivity contribution in [1.82, 2.24) is 9.97 Å². The SMILES string of the molecule is Cc1cc(OC(F)F)ccc1C1(c2cccc(-c3cncnc3)c2)COC(N)=N1.O=CO. The molecule has 3 aromatic rings. The van der Waals surface area contributed by atoms with Crippen molar-refractivity contribution in [2.24, 2.45) is 10.7 Å². The standard InChI is InChI=1S/C21H18F2N4O2.CH2O2/c1-13-7-17(29-19(22)23)5-6-18(13)21(11-28-20(24)27-21)16-4-2-3-14(8-16)15-9-25-12-26-10-15;2-1-3/h2-10,12,19H,11H2,1H3,(H2,24,27);1H,(H,2,3). The first kappa shape index (κ1) is 22.6. The Morgan fingerprint density at radius 1 is 1.19 bits per heavy atom. The van der Waals surface area contributed by atoms with Crippen molar-refractivity contribution < 1.29 is 28.2 Å². The maximum Gasteiger partial charge on any atom is 0.387 e. The topological polar surface area (TPSA) is 120 Å². The Morgan fingerprint density at radius 2 is 1.91 bits per heavy atom. The highest BCUT2D eigenvalue weighted by Gasteiger charge is 2.41. The lowest BCUT2D eigenvalue weighted by atomic mass is 9.81. The van der Waals surface area contributed by atoms with Crippen molar-refractivity contribution >= 4 is 12.5 Å². The molecule has 2 heterocycles. The number of halogens is 2. The van der Waals surface area contributed by atoms with Crippen molar-refractivity contribution in [3.8, 4) is 16.9 Å². The van der Waals surface area contributed by atoms with Gasteiger partial charge in [0.1, 0.15) is 18.7 Å². The van der Waals surface area contributed by atoms with Crippen LogP contribution >= 0.6 is 0 Å². The van der Waals surface area contributed by atoms with Gasteiger partial charge in [0.25, 0.3) is 12.5 Å². The Balaban J connectivity index is 0.000000913. The molecule has 0 saturated carbocycles. The Labute approximate surface area is 182 Å². The second kappa shape index (κ2) is 9.82. The van der Waals surface area contributed by atoms with Crippen LogP contribution in [0.2, 0.25) is 0 Å². The number of hydrogen-bond acceptors (Lipinski definition) is 7. The molecule has 0 bridgehead atoms. The Hall–Kier alpha value is -4.08. The molecule has 166 valence electrons. The zero-order valence-corrected chi connectivity index (χ0v) is 17.0. The lowest BCUT2D eigenvalue weighted by molar-refractivity contribution is -0.122. The van der Waals surface area contributed by atoms with Gasteiger partial charge in [0, 0.05) is 18.0 Å². The number of hydrogen-bond donors (Lipinski definition) is 2. The minimum Gasteiger partial charge on any atom is -0.483 e. The van der Waals surface area contributed by atoms with Crippen molar-refractivity contribution in [2.45, 2.75) is 19.1 Å². The minimum atomic E-state index is -2.89. The number of aliphatic imine (C=N–C) groups is 1. The summed E-state index contributed by atoms with van der Waals surface area (Å²) in [6, 6.07) is 12.6. The van der Waals surface area contributed by atoms with Gasteiger partial charge in [0.2, 0.25) is 0 Å². The molecule has 10 heteroatoms. The quantitative estimate of drug-likeness (QED) is 0.582. The first-order chi connectivity index (χ1) is 15.4. The van der Waals surface area contributed by atoms with E-state index in [1.54, 1.807) is 24.5 Å². The van der Waals surface area contributed by atoms with E-state index in [0.29, 0.717) is 0 Å². The monoisotopic (exact) mass is 442 g/mol. The fourth-order valence-corrected chi connectivity index (χ4v) is 3.55. The van der Waals surface area contributed by atoms with Gasteiger partial charge in [-0.15, -0.1) is 0 Å². The van der Waals surface area contributed by atoms with E-state index in [1.165, 1.54) is 12.4 Å². The summed E-state index contributed by atoms with van der Waals surface area (Å²) in [4.78, 5) is 21.1. The van der Waals surface area contributed by atoms with E-state index in [4.69, 9.17) is 20.4 Å². The minimum absolute atomic E-state index is 0.0748. The van der Waals surface area contributed by atoms with Crippen LogP contribution in [0.4, 0.5) is 8.78 Å². The van der Waals surface area contributed by atoms with Crippen molar-refractivity contribution in [1.29, 1.82) is 0 Å². The smallest absolute Gasteiger partial charge is 0.387 e. The molecule has 0 saturated heterocycles. The predicted molar refractivity (Wildman–Crippen MR) is 112 cm³/mol. The molecule has 3 N–H and O–H groups in total. The molecule has 0 radical (unpaired) electrons. The number of benzene rings is 2. The number of alkyl halides is 2. The summed E-state index contributed by atoms with van der Waals surface area (Å²) in [7, 11) is 0. The van der Waals surface area contributed by atoms with Crippen LogP contribution in [0.15, 0.2) is 66.2 Å². The lowest BCUT2D eigenvalue weighted by Gasteiger charge is -2.27. The fraction of sp³-hybridized carbons (Fsp3) is 0.182. The molecule has 32 heavy (non-hydrogen) atoms. The normalized spacial score (nSPS) is 17.1. The van der Waals surface area contributed by atoms with Crippen LogP contribution in [-0.2, 0) is 15.1 Å². The van der Waals surface area contributed by atoms with Gasteiger partial charge in [-0.05, 0) is 47.4 Å². The van der Waals surface area contributed by atoms with Gasteiger partial charge in [0.15, 0.2) is 5.54 Å². The molecule has 1 aliphatic heterocycles. The molecule has 0 aliphatic carbocycles. The van der Waals surface area contributed by atoms with Crippen LogP contribution in [0.1, 0.15) is 16.7 Å². The summed E-state index contributed by atoms with van der Waals surface area (Å²) in [5.41, 5.74) is 9.12. The number of aryl methyl sites for hydroxylation is 1. The summed E-state index contributed by atoms with van der Waals surface area (Å²) in [6.45, 7) is -1.12. The summed E-state index contributed by atoms with van der Waals surface area (Å²) in [5, 5.41) is 6.89. The third kappa shape index (κ3) is 4.80. The molecular formula is C22H20F2N4O4. The van der Waals surface area contributed by atoms with Crippen LogP contribution in [0, 0.1) is 6.92 Å². The second-order valence-electron chi connectivity index (χ2n) is 6.77. The van der Waals surface area contributed by atoms with Crippen LogP contribution < -0.4 is 10.5 Å². The second-order valence-corrected chi connectivity index (χ2v) is 6.77. The molecule has 8 nitrogen and oxygen atoms in total. The predicted octanol–water partition coefficient (Wildman–Crippen LogP) is 3.34. The molecule has 0 spiro atoms. The molecule has 0 fully saturated rings. The zero-order chi connectivity index (χ0) is 23.1. The number of carbonyl (C=O) groups is 1. The van der Waals surface area contributed by atoms with Gasteiger partial charge in [0.05, 0.1) is 0 Å². The third-order valence-electron chi connectivity index (χ3n) is 4.83. The largest absolute Gasteiger partial charge is 0.483 e. The number of rotatable bonds is 5. The molecule has 0 amide bonds. The first-order valence-corrected chi connectivity index (χ1v) is 9.37. The number of aromatic nitrogens is 2. The van der Waals surface area contributed by atoms with E-state index in [2.05, 4.69) is 19.7 Å². The van der Waals surface area contributed by atoms with Crippen LogP contribution in [0.3, 0.4) is 0 Å². The number of nitrogens with zero attached hydrogens (tertiary/aromatic N) is 3. The third-order valence-corrected chi connectivity index (χ3v) is 4.83. The van der Waals surface area contributed by atoms with E-state index in [9.17, 15) is 8.78 Å². The van der Waals surface area contributed by atoms with E-state index in [0.717, 1.165) is 27.8 Å². The van der Waals surface area contributed by atoms with E-state index in [1.807, 2.05) is 31.2 Å². The highest BCUT2D eigenvalue weighted by molar-refractivity contribution is 5.76. The Bertz CT molecular complexity index is 1110. The number of amidine groups is 1. The van der Waals surface area contributed by atoms with Crippen LogP contribution in [-0.4, -0.2) is 40.8 Å². The average molecular weight is 442 g/mol. The number of ether oxygens (including phenoxy) is 2. The highest BCUT2D eigenvalue weighted by Crippen LogP contribution is 2.41. The molecule has 1 unspecified atom stereocenters. The molecule has 4 rings (SSSR count). The lowest BCUT2D eigenvalue weighted by Crippen LogP contribution is -2.28. The van der Waals surface area contributed by atoms with Crippen LogP contribution in [0.5, 0.6) is 5.75 Å². The van der Waals surface area contributed by atoms with Gasteiger partial charge < -0.3 is 20.3 Å². The summed E-state index contributed by atoms with van der Waals surface area (Å²) >= 11 is 0. The van der Waals surface area contributed by atoms with Crippen LogP contribution in [0.25, 0.3) is 11.1 Å². The molecule has 1 aliphatic rings. The molecular weight excluding hydrogens is 422 g/mol. The molecule has 2 aromatic carbocycles. The van der Waals surface area contributed by atoms with E-state index < -0.39 is 12.2 Å². The first-order valence-electron chi connectivity index (χ1n) is 9.37. The van der Waals surface area contributed by atoms with Gasteiger partial charge in [-0.3, -0.25) is 4.79 Å². The maximum atomic E-state index is 12.6. The fourth-order valence-electron chi connectivity index (χ4n) is 3.55. The van der Waals surface area contributed by atoms with Crippen molar-refractivity contribution in [3.05, 3.63) is 77.9 Å². The number of carboxylic acid groups (broad SMARTS) is 1. The van der Waals surface area contributed by atoms with Gasteiger partial charge in [-0.1, -0.05) is 24.3 Å². The van der Waals surface area contributed by atoms with Gasteiger partial charge in [-0.25, -0.2) is 15.0 Å². The van der Waals surface area contributed by atoms with Gasteiger partial charge >= 0.3 is 6.61 Å². The molecule has 1 aromatic heterocycles. The van der Waals surface area contributed by atoms with Crippen molar-refractivity contribution in [2.75, 3.05) is 6.61 Å². The van der Waals surface area contributed by atoms with E-state index >= 15 is 0 Å².